The van der Waals surface area contributed by atoms with Crippen molar-refractivity contribution >= 4 is 0 Å². The van der Waals surface area contributed by atoms with Gasteiger partial charge in [0.25, 0.3) is 0 Å². The van der Waals surface area contributed by atoms with Crippen LogP contribution in [0.4, 0.5) is 0 Å². The fourth-order valence-electron chi connectivity index (χ4n) is 1.56. The first-order chi connectivity index (χ1) is 6.91. The van der Waals surface area contributed by atoms with Crippen molar-refractivity contribution in [2.24, 2.45) is 0 Å². The maximum atomic E-state index is 6.00. The van der Waals surface area contributed by atoms with Crippen LogP contribution in [0.15, 0.2) is 0 Å². The molecule has 0 amide bonds. The van der Waals surface area contributed by atoms with Gasteiger partial charge in [-0.2, -0.15) is 0 Å². The van der Waals surface area contributed by atoms with E-state index in [4.69, 9.17) is 10.5 Å². The predicted molar refractivity (Wildman–Crippen MR) is 62.8 cm³/mol. The molecular formula is C12H28O2. The zero-order chi connectivity index (χ0) is 11.1. The van der Waals surface area contributed by atoms with Crippen molar-refractivity contribution in [3.05, 3.63) is 0 Å². The van der Waals surface area contributed by atoms with E-state index in [-0.39, 0.29) is 0 Å². The molecule has 2 nitrogen and oxygen atoms in total. The molecule has 2 N–H and O–H groups in total. The van der Waals surface area contributed by atoms with Crippen LogP contribution in [-0.4, -0.2) is 10.5 Å². The second-order valence-corrected chi connectivity index (χ2v) is 3.83. The second kappa shape index (κ2) is 18.7. The van der Waals surface area contributed by atoms with E-state index in [0.29, 0.717) is 0 Å². The van der Waals surface area contributed by atoms with Crippen LogP contribution < -0.4 is 0 Å². The quantitative estimate of drug-likeness (QED) is 0.317. The largest absolute Gasteiger partial charge is 0.255 e. The lowest BCUT2D eigenvalue weighted by molar-refractivity contribution is -0.176. The molecule has 0 unspecified atom stereocenters. The van der Waals surface area contributed by atoms with Crippen LogP contribution in [0.1, 0.15) is 78.1 Å². The molecule has 0 aromatic heterocycles. The van der Waals surface area contributed by atoms with Gasteiger partial charge in [0, 0.05) is 0 Å². The Morgan fingerprint density at radius 1 is 0.500 bits per heavy atom. The van der Waals surface area contributed by atoms with Crippen LogP contribution in [-0.2, 0) is 0 Å². The summed E-state index contributed by atoms with van der Waals surface area (Å²) in [6, 6.07) is 0. The highest BCUT2D eigenvalue weighted by Gasteiger charge is 1.90. The molecule has 0 radical (unpaired) electrons. The Labute approximate surface area is 89.3 Å². The number of hydrogen-bond acceptors (Lipinski definition) is 2. The van der Waals surface area contributed by atoms with Crippen molar-refractivity contribution in [1.29, 1.82) is 0 Å². The van der Waals surface area contributed by atoms with E-state index in [9.17, 15) is 0 Å². The molecule has 0 bridgehead atoms. The fourth-order valence-corrected chi connectivity index (χ4v) is 1.56. The van der Waals surface area contributed by atoms with Gasteiger partial charge in [-0.1, -0.05) is 78.1 Å². The molecule has 88 valence electrons. The van der Waals surface area contributed by atoms with E-state index in [1.165, 1.54) is 64.2 Å². The molecule has 0 aromatic rings. The summed E-state index contributed by atoms with van der Waals surface area (Å²) in [5, 5.41) is 12.0. The van der Waals surface area contributed by atoms with E-state index in [1.807, 2.05) is 0 Å². The molecule has 14 heavy (non-hydrogen) atoms. The van der Waals surface area contributed by atoms with Gasteiger partial charge in [-0.05, 0) is 0 Å². The van der Waals surface area contributed by atoms with Gasteiger partial charge in [0.1, 0.15) is 0 Å². The summed E-state index contributed by atoms with van der Waals surface area (Å²) in [5.74, 6) is 0. The van der Waals surface area contributed by atoms with E-state index >= 15 is 0 Å². The molecule has 0 fully saturated rings. The van der Waals surface area contributed by atoms with Gasteiger partial charge in [0.05, 0.1) is 0 Å². The second-order valence-electron chi connectivity index (χ2n) is 3.83. The summed E-state index contributed by atoms with van der Waals surface area (Å²) in [7, 11) is 0. The lowest BCUT2D eigenvalue weighted by Gasteiger charge is -1.99. The average Bonchev–Trinajstić information content (AvgIpc) is 2.25. The molecule has 0 saturated carbocycles. The van der Waals surface area contributed by atoms with Crippen LogP contribution in [0.25, 0.3) is 0 Å². The average molecular weight is 204 g/mol. The number of unbranched alkanes of at least 4 members (excludes halogenated alkanes) is 9. The third kappa shape index (κ3) is 17.9. The van der Waals surface area contributed by atoms with Crippen molar-refractivity contribution < 1.29 is 10.5 Å². The first-order valence-corrected chi connectivity index (χ1v) is 6.11. The van der Waals surface area contributed by atoms with E-state index < -0.39 is 0 Å². The molecule has 0 spiro atoms. The van der Waals surface area contributed by atoms with E-state index in [0.717, 1.165) is 0 Å². The Balaban J connectivity index is 0. The molecule has 0 atom stereocenters. The molecular weight excluding hydrogens is 176 g/mol. The van der Waals surface area contributed by atoms with Gasteiger partial charge in [0.2, 0.25) is 0 Å². The number of rotatable bonds is 9. The maximum Gasteiger partial charge on any atom is -0.0533 e. The van der Waals surface area contributed by atoms with Crippen LogP contribution in [0.3, 0.4) is 0 Å². The van der Waals surface area contributed by atoms with Crippen molar-refractivity contribution in [1.82, 2.24) is 0 Å². The maximum absolute atomic E-state index is 6.00. The van der Waals surface area contributed by atoms with Gasteiger partial charge in [-0.25, -0.2) is 0 Å². The van der Waals surface area contributed by atoms with Crippen LogP contribution in [0.5, 0.6) is 0 Å². The summed E-state index contributed by atoms with van der Waals surface area (Å²) in [5.41, 5.74) is 0. The van der Waals surface area contributed by atoms with Gasteiger partial charge >= 0.3 is 0 Å². The summed E-state index contributed by atoms with van der Waals surface area (Å²) in [4.78, 5) is 0. The van der Waals surface area contributed by atoms with Gasteiger partial charge in [-0.15, -0.1) is 0 Å². The van der Waals surface area contributed by atoms with Crippen LogP contribution in [0, 0.1) is 0 Å². The lowest BCUT2D eigenvalue weighted by Crippen LogP contribution is -1.80. The van der Waals surface area contributed by atoms with Gasteiger partial charge in [-0.3, -0.25) is 10.5 Å². The van der Waals surface area contributed by atoms with E-state index in [2.05, 4.69) is 13.8 Å². The summed E-state index contributed by atoms with van der Waals surface area (Å²) >= 11 is 0. The minimum absolute atomic E-state index is 1.37. The Hall–Kier alpha value is -0.0800. The highest BCUT2D eigenvalue weighted by molar-refractivity contribution is 4.45. The summed E-state index contributed by atoms with van der Waals surface area (Å²) in [6.07, 6.45) is 14.4. The normalized spacial score (nSPS) is 9.43. The molecule has 0 heterocycles. The summed E-state index contributed by atoms with van der Waals surface area (Å²) < 4.78 is 0. The predicted octanol–water partition coefficient (Wildman–Crippen LogP) is 4.94. The first kappa shape index (κ1) is 16.4. The molecule has 0 aliphatic carbocycles. The first-order valence-electron chi connectivity index (χ1n) is 6.11. The minimum atomic E-state index is 1.37. The van der Waals surface area contributed by atoms with Crippen molar-refractivity contribution in [2.45, 2.75) is 78.1 Å². The third-order valence-corrected chi connectivity index (χ3v) is 2.46. The fraction of sp³-hybridized carbons (Fsp3) is 1.00. The topological polar surface area (TPSA) is 40.5 Å². The molecule has 0 aromatic carbocycles. The molecule has 2 heteroatoms. The minimum Gasteiger partial charge on any atom is -0.255 e. The van der Waals surface area contributed by atoms with Gasteiger partial charge in [0.15, 0.2) is 0 Å². The Bertz CT molecular complexity index is 64.7. The van der Waals surface area contributed by atoms with Crippen molar-refractivity contribution in [3.63, 3.8) is 0 Å². The molecule has 0 aliphatic rings. The smallest absolute Gasteiger partial charge is 0.0533 e. The van der Waals surface area contributed by atoms with Crippen molar-refractivity contribution in [2.75, 3.05) is 0 Å². The van der Waals surface area contributed by atoms with E-state index in [1.54, 1.807) is 0 Å². The third-order valence-electron chi connectivity index (χ3n) is 2.46. The number of hydrogen-bond donors (Lipinski definition) is 2. The molecule has 0 rings (SSSR count). The lowest BCUT2D eigenvalue weighted by atomic mass is 10.1. The standard InChI is InChI=1S/C12H26.H2O2/c1-3-5-7-9-11-12-10-8-6-4-2;1-2/h3-12H2,1-2H3;1-2H. The van der Waals surface area contributed by atoms with Crippen LogP contribution in [0.2, 0.25) is 0 Å². The molecule has 0 aliphatic heterocycles. The summed E-state index contributed by atoms with van der Waals surface area (Å²) in [6.45, 7) is 4.56. The van der Waals surface area contributed by atoms with Crippen molar-refractivity contribution in [3.8, 4) is 0 Å². The Morgan fingerprint density at radius 2 is 0.714 bits per heavy atom. The highest BCUT2D eigenvalue weighted by atomic mass is 17.0. The Morgan fingerprint density at radius 3 is 0.929 bits per heavy atom. The zero-order valence-electron chi connectivity index (χ0n) is 9.97. The highest BCUT2D eigenvalue weighted by Crippen LogP contribution is 2.09. The molecule has 0 saturated heterocycles. The Kier molecular flexibility index (Phi) is 21.8. The van der Waals surface area contributed by atoms with Crippen LogP contribution >= 0.6 is 0 Å². The zero-order valence-corrected chi connectivity index (χ0v) is 9.97. The van der Waals surface area contributed by atoms with Gasteiger partial charge < -0.3 is 0 Å². The monoisotopic (exact) mass is 204 g/mol. The SMILES string of the molecule is CCCCCCCCCCCC.OO.